The maximum Gasteiger partial charge on any atom is 0.258 e. The molecule has 1 aromatic rings. The third-order valence-corrected chi connectivity index (χ3v) is 2.00. The first-order valence-electron chi connectivity index (χ1n) is 4.28. The van der Waals surface area contributed by atoms with Crippen molar-refractivity contribution in [3.8, 4) is 5.88 Å². The van der Waals surface area contributed by atoms with E-state index in [9.17, 15) is 9.59 Å². The Balaban J connectivity index is 2.30. The number of imide groups is 1. The fraction of sp³-hybridized carbons (Fsp3) is 0.100. The van der Waals surface area contributed by atoms with Crippen LogP contribution in [0.3, 0.4) is 0 Å². The Hall–Kier alpha value is -2.17. The number of rotatable bonds is 2. The lowest BCUT2D eigenvalue weighted by Gasteiger charge is -2.12. The number of carbonyl (C=O) groups is 2. The Morgan fingerprint density at radius 3 is 2.33 bits per heavy atom. The summed E-state index contributed by atoms with van der Waals surface area (Å²) in [6, 6.07) is 3.20. The second-order valence-corrected chi connectivity index (χ2v) is 2.90. The lowest BCUT2D eigenvalue weighted by molar-refractivity contribution is -0.119. The highest BCUT2D eigenvalue weighted by Gasteiger charge is 2.25. The maximum atomic E-state index is 11.3. The molecule has 0 radical (unpaired) electrons. The molecule has 0 atom stereocenters. The van der Waals surface area contributed by atoms with E-state index in [1.165, 1.54) is 25.5 Å². The molecule has 5 heteroatoms. The second-order valence-electron chi connectivity index (χ2n) is 2.90. The van der Waals surface area contributed by atoms with E-state index in [2.05, 4.69) is 4.98 Å². The van der Waals surface area contributed by atoms with Gasteiger partial charge in [0.1, 0.15) is 0 Å². The standard InChI is InChI=1S/C10H8N2O3/c1-15-8-3-2-7(6-11-8)12-9(13)4-5-10(12)14/h2-6H,1H3. The summed E-state index contributed by atoms with van der Waals surface area (Å²) in [5.74, 6) is -0.273. The molecule has 15 heavy (non-hydrogen) atoms. The van der Waals surface area contributed by atoms with Gasteiger partial charge in [0.2, 0.25) is 5.88 Å². The Morgan fingerprint density at radius 2 is 1.87 bits per heavy atom. The van der Waals surface area contributed by atoms with Crippen LogP contribution in [0.5, 0.6) is 5.88 Å². The molecule has 1 aliphatic heterocycles. The van der Waals surface area contributed by atoms with Gasteiger partial charge >= 0.3 is 0 Å². The normalized spacial score (nSPS) is 14.9. The van der Waals surface area contributed by atoms with Crippen molar-refractivity contribution < 1.29 is 14.3 Å². The zero-order chi connectivity index (χ0) is 10.8. The molecule has 1 aliphatic rings. The number of ether oxygens (including phenoxy) is 1. The largest absolute Gasteiger partial charge is 0.481 e. The molecule has 2 amide bonds. The summed E-state index contributed by atoms with van der Waals surface area (Å²) in [5.41, 5.74) is 0.441. The van der Waals surface area contributed by atoms with Crippen LogP contribution in [-0.2, 0) is 9.59 Å². The predicted octanol–water partition coefficient (Wildman–Crippen LogP) is 0.520. The molecular formula is C10H8N2O3. The van der Waals surface area contributed by atoms with Crippen LogP contribution >= 0.6 is 0 Å². The number of amides is 2. The Kier molecular flexibility index (Phi) is 2.21. The van der Waals surface area contributed by atoms with Crippen LogP contribution in [0.2, 0.25) is 0 Å². The van der Waals surface area contributed by atoms with E-state index in [4.69, 9.17) is 4.74 Å². The minimum atomic E-state index is -0.355. The summed E-state index contributed by atoms with van der Waals surface area (Å²) in [6.45, 7) is 0. The molecular weight excluding hydrogens is 196 g/mol. The maximum absolute atomic E-state index is 11.3. The van der Waals surface area contributed by atoms with Crippen LogP contribution in [0.1, 0.15) is 0 Å². The third kappa shape index (κ3) is 1.59. The smallest absolute Gasteiger partial charge is 0.258 e. The van der Waals surface area contributed by atoms with E-state index < -0.39 is 0 Å². The number of pyridine rings is 1. The van der Waals surface area contributed by atoms with Gasteiger partial charge in [0.15, 0.2) is 0 Å². The molecule has 0 saturated heterocycles. The fourth-order valence-corrected chi connectivity index (χ4v) is 1.28. The highest BCUT2D eigenvalue weighted by molar-refractivity contribution is 6.28. The van der Waals surface area contributed by atoms with Crippen molar-refractivity contribution in [1.82, 2.24) is 4.98 Å². The van der Waals surface area contributed by atoms with E-state index in [0.29, 0.717) is 11.6 Å². The van der Waals surface area contributed by atoms with Gasteiger partial charge in [-0.3, -0.25) is 9.59 Å². The average molecular weight is 204 g/mol. The van der Waals surface area contributed by atoms with Crippen molar-refractivity contribution in [3.05, 3.63) is 30.5 Å². The zero-order valence-corrected chi connectivity index (χ0v) is 8.01. The van der Waals surface area contributed by atoms with Crippen molar-refractivity contribution in [2.24, 2.45) is 0 Å². The first kappa shape index (κ1) is 9.39. The van der Waals surface area contributed by atoms with E-state index in [1.54, 1.807) is 12.1 Å². The van der Waals surface area contributed by atoms with Crippen LogP contribution in [0.25, 0.3) is 0 Å². The highest BCUT2D eigenvalue weighted by Crippen LogP contribution is 2.19. The highest BCUT2D eigenvalue weighted by atomic mass is 16.5. The van der Waals surface area contributed by atoms with Crippen molar-refractivity contribution in [3.63, 3.8) is 0 Å². The van der Waals surface area contributed by atoms with E-state index in [1.807, 2.05) is 0 Å². The molecule has 5 nitrogen and oxygen atoms in total. The van der Waals surface area contributed by atoms with Crippen molar-refractivity contribution in [1.29, 1.82) is 0 Å². The summed E-state index contributed by atoms with van der Waals surface area (Å²) < 4.78 is 4.87. The Morgan fingerprint density at radius 1 is 1.20 bits per heavy atom. The molecule has 1 aromatic heterocycles. The van der Waals surface area contributed by atoms with Crippen LogP contribution in [0.15, 0.2) is 30.5 Å². The fourth-order valence-electron chi connectivity index (χ4n) is 1.28. The van der Waals surface area contributed by atoms with Crippen LogP contribution in [0.4, 0.5) is 5.69 Å². The summed E-state index contributed by atoms with van der Waals surface area (Å²) in [6.07, 6.45) is 3.88. The van der Waals surface area contributed by atoms with E-state index in [-0.39, 0.29) is 11.8 Å². The molecule has 0 fully saturated rings. The molecule has 0 aliphatic carbocycles. The zero-order valence-electron chi connectivity index (χ0n) is 8.01. The first-order chi connectivity index (χ1) is 7.22. The minimum absolute atomic E-state index is 0.355. The number of hydrogen-bond donors (Lipinski definition) is 0. The average Bonchev–Trinajstić information content (AvgIpc) is 2.59. The first-order valence-corrected chi connectivity index (χ1v) is 4.28. The second kappa shape index (κ2) is 3.53. The molecule has 0 unspecified atom stereocenters. The van der Waals surface area contributed by atoms with Crippen molar-refractivity contribution in [2.75, 3.05) is 12.0 Å². The molecule has 0 N–H and O–H groups in total. The van der Waals surface area contributed by atoms with E-state index in [0.717, 1.165) is 4.90 Å². The topological polar surface area (TPSA) is 59.5 Å². The number of hydrogen-bond acceptors (Lipinski definition) is 4. The lowest BCUT2D eigenvalue weighted by Crippen LogP contribution is -2.29. The van der Waals surface area contributed by atoms with Gasteiger partial charge < -0.3 is 4.74 Å². The number of nitrogens with zero attached hydrogens (tertiary/aromatic N) is 2. The third-order valence-electron chi connectivity index (χ3n) is 2.00. The molecule has 0 aromatic carbocycles. The Bertz CT molecular complexity index is 418. The lowest BCUT2D eigenvalue weighted by atomic mass is 10.3. The molecule has 0 saturated carbocycles. The summed E-state index contributed by atoms with van der Waals surface area (Å²) in [7, 11) is 1.50. The van der Waals surface area contributed by atoms with Crippen LogP contribution < -0.4 is 9.64 Å². The predicted molar refractivity (Wildman–Crippen MR) is 52.4 cm³/mol. The van der Waals surface area contributed by atoms with Gasteiger partial charge in [0.05, 0.1) is 19.0 Å². The number of anilines is 1. The van der Waals surface area contributed by atoms with Gasteiger partial charge in [-0.15, -0.1) is 0 Å². The summed E-state index contributed by atoms with van der Waals surface area (Å²) >= 11 is 0. The van der Waals surface area contributed by atoms with Gasteiger partial charge in [0.25, 0.3) is 11.8 Å². The number of carbonyl (C=O) groups excluding carboxylic acids is 2. The summed E-state index contributed by atoms with van der Waals surface area (Å²) in [4.78, 5) is 27.6. The van der Waals surface area contributed by atoms with Gasteiger partial charge in [-0.25, -0.2) is 9.88 Å². The van der Waals surface area contributed by atoms with Gasteiger partial charge in [-0.2, -0.15) is 0 Å². The minimum Gasteiger partial charge on any atom is -0.481 e. The summed E-state index contributed by atoms with van der Waals surface area (Å²) in [5, 5.41) is 0. The van der Waals surface area contributed by atoms with Crippen molar-refractivity contribution >= 4 is 17.5 Å². The monoisotopic (exact) mass is 204 g/mol. The van der Waals surface area contributed by atoms with Crippen LogP contribution in [-0.4, -0.2) is 23.9 Å². The van der Waals surface area contributed by atoms with Crippen LogP contribution in [0, 0.1) is 0 Å². The number of aromatic nitrogens is 1. The molecule has 2 heterocycles. The Labute approximate surface area is 86.0 Å². The van der Waals surface area contributed by atoms with Crippen molar-refractivity contribution in [2.45, 2.75) is 0 Å². The molecule has 0 spiro atoms. The molecule has 2 rings (SSSR count). The van der Waals surface area contributed by atoms with Gasteiger partial charge in [-0.05, 0) is 6.07 Å². The molecule has 76 valence electrons. The van der Waals surface area contributed by atoms with E-state index >= 15 is 0 Å². The van der Waals surface area contributed by atoms with Gasteiger partial charge in [-0.1, -0.05) is 0 Å². The SMILES string of the molecule is COc1ccc(N2C(=O)C=CC2=O)cn1. The quantitative estimate of drug-likeness (QED) is 0.659. The molecule has 0 bridgehead atoms. The number of methoxy groups -OCH3 is 1. The van der Waals surface area contributed by atoms with Gasteiger partial charge in [0, 0.05) is 18.2 Å².